The van der Waals surface area contributed by atoms with Crippen LogP contribution in [0.25, 0.3) is 16.9 Å². The third kappa shape index (κ3) is 3.85. The first-order valence-corrected chi connectivity index (χ1v) is 8.77. The monoisotopic (exact) mass is 391 g/mol. The lowest BCUT2D eigenvalue weighted by Crippen LogP contribution is -2.12. The van der Waals surface area contributed by atoms with Gasteiger partial charge in [0.1, 0.15) is 0 Å². The van der Waals surface area contributed by atoms with E-state index in [0.29, 0.717) is 17.0 Å². The molecule has 0 spiro atoms. The molecule has 3 rings (SSSR count). The number of halogens is 3. The normalized spacial score (nSPS) is 12.4. The molecular weight excluding hydrogens is 371 g/mol. The van der Waals surface area contributed by atoms with E-state index in [-0.39, 0.29) is 23.3 Å². The Hall–Kier alpha value is -2.90. The standard InChI is InChI=1S/C20H20F3N3O2/c1-5-28-18(27)14-10-15(12-7-6-8-13(9-12)20(21,22)23)26-17(24-14)11-16(25-26)19(2,3)4/h6-11H,5H2,1-4H3. The molecule has 0 saturated heterocycles. The fraction of sp³-hybridized carbons (Fsp3) is 0.350. The lowest BCUT2D eigenvalue weighted by molar-refractivity contribution is -0.137. The predicted octanol–water partition coefficient (Wildman–Crippen LogP) is 4.89. The Morgan fingerprint density at radius 1 is 1.14 bits per heavy atom. The molecule has 0 N–H and O–H groups in total. The smallest absolute Gasteiger partial charge is 0.416 e. The van der Waals surface area contributed by atoms with Crippen molar-refractivity contribution >= 4 is 11.6 Å². The van der Waals surface area contributed by atoms with E-state index in [4.69, 9.17) is 4.74 Å². The third-order valence-corrected chi connectivity index (χ3v) is 4.17. The summed E-state index contributed by atoms with van der Waals surface area (Å²) in [6, 6.07) is 8.01. The van der Waals surface area contributed by atoms with Crippen molar-refractivity contribution in [1.82, 2.24) is 14.6 Å². The molecule has 0 amide bonds. The number of carbonyl (C=O) groups is 1. The van der Waals surface area contributed by atoms with Gasteiger partial charge in [0.15, 0.2) is 11.3 Å². The summed E-state index contributed by atoms with van der Waals surface area (Å²) in [5, 5.41) is 4.52. The number of rotatable bonds is 3. The number of alkyl halides is 3. The first-order valence-electron chi connectivity index (χ1n) is 8.77. The molecule has 8 heteroatoms. The van der Waals surface area contributed by atoms with Crippen molar-refractivity contribution < 1.29 is 22.7 Å². The van der Waals surface area contributed by atoms with Crippen LogP contribution in [0.15, 0.2) is 36.4 Å². The maximum atomic E-state index is 13.2. The van der Waals surface area contributed by atoms with Crippen molar-refractivity contribution in [3.8, 4) is 11.3 Å². The predicted molar refractivity (Wildman–Crippen MR) is 98.1 cm³/mol. The third-order valence-electron chi connectivity index (χ3n) is 4.17. The summed E-state index contributed by atoms with van der Waals surface area (Å²) in [5.41, 5.74) is 0.601. The van der Waals surface area contributed by atoms with Gasteiger partial charge < -0.3 is 4.74 Å². The van der Waals surface area contributed by atoms with E-state index >= 15 is 0 Å². The van der Waals surface area contributed by atoms with Crippen LogP contribution in [0.4, 0.5) is 13.2 Å². The van der Waals surface area contributed by atoms with Gasteiger partial charge in [-0.05, 0) is 25.1 Å². The van der Waals surface area contributed by atoms with Gasteiger partial charge in [-0.25, -0.2) is 14.3 Å². The first-order chi connectivity index (χ1) is 13.0. The van der Waals surface area contributed by atoms with Crippen molar-refractivity contribution in [2.24, 2.45) is 0 Å². The van der Waals surface area contributed by atoms with Gasteiger partial charge in [0.2, 0.25) is 0 Å². The second kappa shape index (κ2) is 6.92. The van der Waals surface area contributed by atoms with Crippen LogP contribution in [0.1, 0.15) is 49.4 Å². The number of hydrogen-bond donors (Lipinski definition) is 0. The zero-order valence-corrected chi connectivity index (χ0v) is 16.0. The Kier molecular flexibility index (Phi) is 4.91. The number of ether oxygens (including phenoxy) is 1. The highest BCUT2D eigenvalue weighted by Crippen LogP contribution is 2.33. The van der Waals surface area contributed by atoms with E-state index in [2.05, 4.69) is 10.1 Å². The fourth-order valence-corrected chi connectivity index (χ4v) is 2.71. The Bertz CT molecular complexity index is 1030. The van der Waals surface area contributed by atoms with E-state index in [9.17, 15) is 18.0 Å². The van der Waals surface area contributed by atoms with Crippen molar-refractivity contribution in [3.05, 3.63) is 53.3 Å². The first kappa shape index (κ1) is 19.9. The summed E-state index contributed by atoms with van der Waals surface area (Å²) in [6.07, 6.45) is -4.48. The Balaban J connectivity index is 2.27. The van der Waals surface area contributed by atoms with Crippen LogP contribution in [0.2, 0.25) is 0 Å². The Morgan fingerprint density at radius 2 is 1.86 bits per heavy atom. The summed E-state index contributed by atoms with van der Waals surface area (Å²) < 4.78 is 45.9. The fourth-order valence-electron chi connectivity index (χ4n) is 2.71. The van der Waals surface area contributed by atoms with Crippen LogP contribution in [-0.4, -0.2) is 27.2 Å². The molecule has 0 aliphatic carbocycles. The highest BCUT2D eigenvalue weighted by Gasteiger charge is 2.31. The zero-order chi connectivity index (χ0) is 20.7. The van der Waals surface area contributed by atoms with Gasteiger partial charge in [-0.15, -0.1) is 0 Å². The lowest BCUT2D eigenvalue weighted by atomic mass is 9.93. The number of carbonyl (C=O) groups excluding carboxylic acids is 1. The molecule has 0 radical (unpaired) electrons. The minimum absolute atomic E-state index is 0.0159. The van der Waals surface area contributed by atoms with Crippen molar-refractivity contribution in [2.45, 2.75) is 39.3 Å². The van der Waals surface area contributed by atoms with Gasteiger partial charge in [-0.3, -0.25) is 0 Å². The molecule has 28 heavy (non-hydrogen) atoms. The van der Waals surface area contributed by atoms with Gasteiger partial charge in [0.25, 0.3) is 0 Å². The second-order valence-electron chi connectivity index (χ2n) is 7.38. The molecule has 0 bridgehead atoms. The molecule has 0 fully saturated rings. The minimum atomic E-state index is -4.48. The molecule has 0 aliphatic heterocycles. The van der Waals surface area contributed by atoms with Crippen molar-refractivity contribution in [2.75, 3.05) is 6.61 Å². The molecule has 148 valence electrons. The topological polar surface area (TPSA) is 56.5 Å². The highest BCUT2D eigenvalue weighted by molar-refractivity contribution is 5.89. The average Bonchev–Trinajstić information content (AvgIpc) is 3.05. The van der Waals surface area contributed by atoms with Crippen LogP contribution >= 0.6 is 0 Å². The van der Waals surface area contributed by atoms with Crippen LogP contribution in [-0.2, 0) is 16.3 Å². The molecule has 1 aromatic carbocycles. The number of fused-ring (bicyclic) bond motifs is 1. The van der Waals surface area contributed by atoms with Crippen LogP contribution < -0.4 is 0 Å². The zero-order valence-electron chi connectivity index (χ0n) is 16.0. The largest absolute Gasteiger partial charge is 0.461 e. The van der Waals surface area contributed by atoms with Gasteiger partial charge in [-0.2, -0.15) is 18.3 Å². The number of esters is 1. The van der Waals surface area contributed by atoms with Crippen LogP contribution in [0.5, 0.6) is 0 Å². The van der Waals surface area contributed by atoms with E-state index in [0.717, 1.165) is 12.1 Å². The molecular formula is C20H20F3N3O2. The number of nitrogens with zero attached hydrogens (tertiary/aromatic N) is 3. The highest BCUT2D eigenvalue weighted by atomic mass is 19.4. The second-order valence-corrected chi connectivity index (χ2v) is 7.38. The van der Waals surface area contributed by atoms with Gasteiger partial charge in [0, 0.05) is 17.0 Å². The summed E-state index contributed by atoms with van der Waals surface area (Å²) in [6.45, 7) is 7.72. The number of benzene rings is 1. The van der Waals surface area contributed by atoms with E-state index in [1.807, 2.05) is 20.8 Å². The number of hydrogen-bond acceptors (Lipinski definition) is 4. The van der Waals surface area contributed by atoms with E-state index in [1.54, 1.807) is 13.0 Å². The molecule has 3 aromatic rings. The minimum Gasteiger partial charge on any atom is -0.461 e. The van der Waals surface area contributed by atoms with Gasteiger partial charge >= 0.3 is 12.1 Å². The van der Waals surface area contributed by atoms with E-state index < -0.39 is 17.7 Å². The van der Waals surface area contributed by atoms with Crippen molar-refractivity contribution in [3.63, 3.8) is 0 Å². The average molecular weight is 391 g/mol. The molecule has 0 saturated carbocycles. The molecule has 2 heterocycles. The van der Waals surface area contributed by atoms with Crippen LogP contribution in [0.3, 0.4) is 0 Å². The summed E-state index contributed by atoms with van der Waals surface area (Å²) in [4.78, 5) is 16.5. The van der Waals surface area contributed by atoms with Crippen molar-refractivity contribution in [1.29, 1.82) is 0 Å². The number of aromatic nitrogens is 3. The molecule has 5 nitrogen and oxygen atoms in total. The molecule has 0 unspecified atom stereocenters. The lowest BCUT2D eigenvalue weighted by Gasteiger charge is -2.14. The van der Waals surface area contributed by atoms with E-state index in [1.165, 1.54) is 22.7 Å². The molecule has 2 aromatic heterocycles. The molecule has 0 aliphatic rings. The summed E-state index contributed by atoms with van der Waals surface area (Å²) in [7, 11) is 0. The van der Waals surface area contributed by atoms with Gasteiger partial charge in [0.05, 0.1) is 23.6 Å². The quantitative estimate of drug-likeness (QED) is 0.597. The van der Waals surface area contributed by atoms with Gasteiger partial charge in [-0.1, -0.05) is 32.9 Å². The Labute approximate surface area is 160 Å². The summed E-state index contributed by atoms with van der Waals surface area (Å²) in [5.74, 6) is -0.642. The van der Waals surface area contributed by atoms with Crippen LogP contribution in [0, 0.1) is 0 Å². The maximum Gasteiger partial charge on any atom is 0.416 e. The SMILES string of the molecule is CCOC(=O)c1cc(-c2cccc(C(F)(F)F)c2)n2nc(C(C)(C)C)cc2n1. The maximum absolute atomic E-state index is 13.2. The molecule has 0 atom stereocenters. The summed E-state index contributed by atoms with van der Waals surface area (Å²) >= 11 is 0. The Morgan fingerprint density at radius 3 is 2.46 bits per heavy atom.